The van der Waals surface area contributed by atoms with Gasteiger partial charge in [-0.3, -0.25) is 4.79 Å². The fraction of sp³-hybridized carbons (Fsp3) is 0.727. The molecule has 0 spiro atoms. The predicted molar refractivity (Wildman–Crippen MR) is 49.6 cm³/mol. The third kappa shape index (κ3) is 2.11. The molecule has 2 unspecified atom stereocenters. The number of ketones is 1. The summed E-state index contributed by atoms with van der Waals surface area (Å²) in [4.78, 5) is 11.3. The van der Waals surface area contributed by atoms with Crippen LogP contribution in [0.1, 0.15) is 39.0 Å². The van der Waals surface area contributed by atoms with Crippen LogP contribution in [0, 0.1) is 24.2 Å². The van der Waals surface area contributed by atoms with Crippen LogP contribution in [0.2, 0.25) is 0 Å². The van der Waals surface area contributed by atoms with Gasteiger partial charge in [-0.1, -0.05) is 6.92 Å². The van der Waals surface area contributed by atoms with Crippen molar-refractivity contribution in [1.29, 1.82) is 0 Å². The summed E-state index contributed by atoms with van der Waals surface area (Å²) >= 11 is 0. The zero-order chi connectivity index (χ0) is 8.97. The SMILES string of the molecule is C#CCCC1CCCC(=O)C1C. The maximum Gasteiger partial charge on any atom is 0.135 e. The van der Waals surface area contributed by atoms with E-state index < -0.39 is 0 Å². The van der Waals surface area contributed by atoms with Crippen LogP contribution in [-0.4, -0.2) is 5.78 Å². The third-order valence-corrected chi connectivity index (χ3v) is 2.87. The zero-order valence-corrected chi connectivity index (χ0v) is 7.68. The number of Topliss-reactive ketones (excluding diaryl/α,β-unsaturated/α-hetero) is 1. The largest absolute Gasteiger partial charge is 0.299 e. The van der Waals surface area contributed by atoms with E-state index in [1.165, 1.54) is 6.42 Å². The lowest BCUT2D eigenvalue weighted by molar-refractivity contribution is -0.126. The van der Waals surface area contributed by atoms with Crippen molar-refractivity contribution in [2.75, 3.05) is 0 Å². The van der Waals surface area contributed by atoms with Crippen LogP contribution >= 0.6 is 0 Å². The minimum atomic E-state index is 0.257. The minimum Gasteiger partial charge on any atom is -0.299 e. The normalized spacial score (nSPS) is 29.8. The summed E-state index contributed by atoms with van der Waals surface area (Å²) in [5.41, 5.74) is 0. The molecule has 0 aliphatic heterocycles. The molecule has 0 aromatic rings. The molecule has 1 saturated carbocycles. The maximum atomic E-state index is 11.3. The lowest BCUT2D eigenvalue weighted by Crippen LogP contribution is -2.25. The smallest absolute Gasteiger partial charge is 0.135 e. The van der Waals surface area contributed by atoms with Crippen LogP contribution in [0.5, 0.6) is 0 Å². The lowest BCUT2D eigenvalue weighted by Gasteiger charge is -2.26. The number of carbonyl (C=O) groups excluding carboxylic acids is 1. The molecule has 66 valence electrons. The summed E-state index contributed by atoms with van der Waals surface area (Å²) in [5, 5.41) is 0. The summed E-state index contributed by atoms with van der Waals surface area (Å²) in [6.07, 6.45) is 10.1. The van der Waals surface area contributed by atoms with Gasteiger partial charge in [0, 0.05) is 18.8 Å². The van der Waals surface area contributed by atoms with Gasteiger partial charge < -0.3 is 0 Å². The second-order valence-electron chi connectivity index (χ2n) is 3.65. The van der Waals surface area contributed by atoms with E-state index in [0.29, 0.717) is 11.7 Å². The second kappa shape index (κ2) is 4.30. The summed E-state index contributed by atoms with van der Waals surface area (Å²) < 4.78 is 0. The highest BCUT2D eigenvalue weighted by molar-refractivity contribution is 5.81. The van der Waals surface area contributed by atoms with Crippen LogP contribution in [0.3, 0.4) is 0 Å². The van der Waals surface area contributed by atoms with Gasteiger partial charge in [0.2, 0.25) is 0 Å². The van der Waals surface area contributed by atoms with Gasteiger partial charge in [0.05, 0.1) is 0 Å². The summed E-state index contributed by atoms with van der Waals surface area (Å²) in [5.74, 6) is 3.89. The summed E-state index contributed by atoms with van der Waals surface area (Å²) in [6.45, 7) is 2.04. The monoisotopic (exact) mass is 164 g/mol. The van der Waals surface area contributed by atoms with Crippen molar-refractivity contribution >= 4 is 5.78 Å². The first-order valence-corrected chi connectivity index (χ1v) is 4.72. The molecular weight excluding hydrogens is 148 g/mol. The van der Waals surface area contributed by atoms with Gasteiger partial charge in [-0.2, -0.15) is 0 Å². The van der Waals surface area contributed by atoms with Crippen LogP contribution in [-0.2, 0) is 4.79 Å². The van der Waals surface area contributed by atoms with E-state index >= 15 is 0 Å². The minimum absolute atomic E-state index is 0.257. The first-order valence-electron chi connectivity index (χ1n) is 4.72. The van der Waals surface area contributed by atoms with Crippen molar-refractivity contribution in [2.24, 2.45) is 11.8 Å². The molecule has 0 heterocycles. The Morgan fingerprint density at radius 3 is 3.08 bits per heavy atom. The molecule has 0 amide bonds. The van der Waals surface area contributed by atoms with Crippen LogP contribution in [0.25, 0.3) is 0 Å². The molecule has 1 heteroatoms. The van der Waals surface area contributed by atoms with E-state index in [4.69, 9.17) is 6.42 Å². The van der Waals surface area contributed by atoms with Crippen LogP contribution in [0.15, 0.2) is 0 Å². The Bertz CT molecular complexity index is 200. The molecule has 1 fully saturated rings. The molecule has 1 aliphatic rings. The molecule has 1 rings (SSSR count). The molecule has 2 atom stereocenters. The van der Waals surface area contributed by atoms with Crippen molar-refractivity contribution in [3.05, 3.63) is 0 Å². The Hall–Kier alpha value is -0.770. The highest BCUT2D eigenvalue weighted by atomic mass is 16.1. The molecule has 0 saturated heterocycles. The van der Waals surface area contributed by atoms with E-state index in [1.807, 2.05) is 6.92 Å². The van der Waals surface area contributed by atoms with Gasteiger partial charge in [0.1, 0.15) is 5.78 Å². The quantitative estimate of drug-likeness (QED) is 0.573. The molecule has 0 aromatic carbocycles. The van der Waals surface area contributed by atoms with E-state index in [0.717, 1.165) is 25.7 Å². The fourth-order valence-corrected chi connectivity index (χ4v) is 1.94. The summed E-state index contributed by atoms with van der Waals surface area (Å²) in [7, 11) is 0. The van der Waals surface area contributed by atoms with Gasteiger partial charge >= 0.3 is 0 Å². The number of carbonyl (C=O) groups is 1. The summed E-state index contributed by atoms with van der Waals surface area (Å²) in [6, 6.07) is 0. The molecule has 12 heavy (non-hydrogen) atoms. The lowest BCUT2D eigenvalue weighted by atomic mass is 9.77. The van der Waals surface area contributed by atoms with E-state index in [1.54, 1.807) is 0 Å². The Kier molecular flexibility index (Phi) is 3.34. The van der Waals surface area contributed by atoms with Gasteiger partial charge in [-0.25, -0.2) is 0 Å². The van der Waals surface area contributed by atoms with Gasteiger partial charge in [0.25, 0.3) is 0 Å². The van der Waals surface area contributed by atoms with E-state index in [2.05, 4.69) is 5.92 Å². The standard InChI is InChI=1S/C11H16O/c1-3-4-6-10-7-5-8-11(12)9(10)2/h1,9-10H,4-8H2,2H3. The average molecular weight is 164 g/mol. The molecule has 0 aromatic heterocycles. The number of rotatable bonds is 2. The van der Waals surface area contributed by atoms with Crippen LogP contribution < -0.4 is 0 Å². The van der Waals surface area contributed by atoms with Crippen molar-refractivity contribution in [1.82, 2.24) is 0 Å². The van der Waals surface area contributed by atoms with Gasteiger partial charge in [-0.05, 0) is 25.2 Å². The Morgan fingerprint density at radius 2 is 2.42 bits per heavy atom. The van der Waals surface area contributed by atoms with Crippen molar-refractivity contribution in [3.8, 4) is 12.3 Å². The molecule has 0 radical (unpaired) electrons. The topological polar surface area (TPSA) is 17.1 Å². The average Bonchev–Trinajstić information content (AvgIpc) is 2.08. The maximum absolute atomic E-state index is 11.3. The second-order valence-corrected chi connectivity index (χ2v) is 3.65. The fourth-order valence-electron chi connectivity index (χ4n) is 1.94. The zero-order valence-electron chi connectivity index (χ0n) is 7.68. The number of terminal acetylenes is 1. The third-order valence-electron chi connectivity index (χ3n) is 2.87. The molecule has 0 bridgehead atoms. The van der Waals surface area contributed by atoms with E-state index in [-0.39, 0.29) is 5.92 Å². The Morgan fingerprint density at radius 1 is 1.67 bits per heavy atom. The highest BCUT2D eigenvalue weighted by Crippen LogP contribution is 2.30. The number of hydrogen-bond donors (Lipinski definition) is 0. The molecule has 0 N–H and O–H groups in total. The molecule has 1 aliphatic carbocycles. The molecular formula is C11H16O. The van der Waals surface area contributed by atoms with Crippen molar-refractivity contribution < 1.29 is 4.79 Å². The van der Waals surface area contributed by atoms with Crippen molar-refractivity contribution in [3.63, 3.8) is 0 Å². The first-order chi connectivity index (χ1) is 5.75. The molecule has 1 nitrogen and oxygen atoms in total. The predicted octanol–water partition coefficient (Wildman–Crippen LogP) is 2.41. The van der Waals surface area contributed by atoms with Gasteiger partial charge in [0.15, 0.2) is 0 Å². The highest BCUT2D eigenvalue weighted by Gasteiger charge is 2.26. The Balaban J connectivity index is 2.42. The van der Waals surface area contributed by atoms with Gasteiger partial charge in [-0.15, -0.1) is 12.3 Å². The Labute approximate surface area is 74.5 Å². The van der Waals surface area contributed by atoms with E-state index in [9.17, 15) is 4.79 Å². The van der Waals surface area contributed by atoms with Crippen LogP contribution in [0.4, 0.5) is 0 Å². The number of hydrogen-bond acceptors (Lipinski definition) is 1. The van der Waals surface area contributed by atoms with Crippen molar-refractivity contribution in [2.45, 2.75) is 39.0 Å². The first kappa shape index (κ1) is 9.32.